The monoisotopic (exact) mass is 703 g/mol. The molecule has 2 aromatic carbocycles. The van der Waals surface area contributed by atoms with Crippen LogP contribution in [0.5, 0.6) is 11.5 Å². The maximum absolute atomic E-state index is 15.1. The number of aromatic nitrogens is 5. The lowest BCUT2D eigenvalue weighted by molar-refractivity contribution is -0.192. The number of hydrogen-bond donors (Lipinski definition) is 3. The van der Waals surface area contributed by atoms with E-state index in [-0.39, 0.29) is 31.1 Å². The van der Waals surface area contributed by atoms with E-state index in [1.807, 2.05) is 25.1 Å². The summed E-state index contributed by atoms with van der Waals surface area (Å²) >= 11 is 0. The summed E-state index contributed by atoms with van der Waals surface area (Å²) in [6.45, 7) is 2.95. The number of anilines is 2. The minimum Gasteiger partial charge on any atom is -0.491 e. The van der Waals surface area contributed by atoms with Crippen LogP contribution in [-0.4, -0.2) is 74.3 Å². The fraction of sp³-hybridized carbons (Fsp3) is 0.250. The molecule has 50 heavy (non-hydrogen) atoms. The molecule has 0 aliphatic carbocycles. The maximum Gasteiger partial charge on any atom is 0.490 e. The molecule has 0 bridgehead atoms. The van der Waals surface area contributed by atoms with Crippen molar-refractivity contribution in [3.8, 4) is 23.0 Å². The number of ether oxygens (including phenoxy) is 3. The third-order valence-corrected chi connectivity index (χ3v) is 6.64. The molecule has 0 fully saturated rings. The molecule has 1 unspecified atom stereocenters. The zero-order valence-electron chi connectivity index (χ0n) is 26.7. The zero-order valence-corrected chi connectivity index (χ0v) is 26.7. The SMILES string of the molecule is COc1cnc(-c2nn(Cc3c(F)cc(OCCOC(=O)C(C)N)cc3F)c3ccccc23)nc1Nc1ccnc(C)c1.O=C(O)C(F)(F)F. The molecule has 13 nitrogen and oxygen atoms in total. The normalized spacial score (nSPS) is 11.7. The molecule has 3 aromatic heterocycles. The molecule has 0 amide bonds. The van der Waals surface area contributed by atoms with Crippen molar-refractivity contribution in [3.05, 3.63) is 83.8 Å². The second-order valence-corrected chi connectivity index (χ2v) is 10.4. The summed E-state index contributed by atoms with van der Waals surface area (Å²) in [6, 6.07) is 12.3. The predicted octanol–water partition coefficient (Wildman–Crippen LogP) is 5.18. The van der Waals surface area contributed by atoms with Gasteiger partial charge in [-0.3, -0.25) is 14.5 Å². The minimum atomic E-state index is -5.08. The first-order valence-corrected chi connectivity index (χ1v) is 14.6. The number of pyridine rings is 1. The fourth-order valence-electron chi connectivity index (χ4n) is 4.29. The van der Waals surface area contributed by atoms with Gasteiger partial charge in [0.15, 0.2) is 17.4 Å². The Labute approximate surface area is 280 Å². The molecule has 0 spiro atoms. The Morgan fingerprint density at radius 1 is 1.06 bits per heavy atom. The fourth-order valence-corrected chi connectivity index (χ4v) is 4.29. The molecular weight excluding hydrogens is 673 g/mol. The highest BCUT2D eigenvalue weighted by molar-refractivity contribution is 5.92. The van der Waals surface area contributed by atoms with Crippen LogP contribution in [0.25, 0.3) is 22.4 Å². The number of carbonyl (C=O) groups is 2. The molecule has 0 radical (unpaired) electrons. The van der Waals surface area contributed by atoms with E-state index < -0.39 is 35.8 Å². The van der Waals surface area contributed by atoms with E-state index in [9.17, 15) is 18.0 Å². The maximum atomic E-state index is 15.1. The summed E-state index contributed by atoms with van der Waals surface area (Å²) < 4.78 is 79.2. The van der Waals surface area contributed by atoms with E-state index >= 15 is 8.78 Å². The highest BCUT2D eigenvalue weighted by atomic mass is 19.4. The molecule has 18 heteroatoms. The first kappa shape index (κ1) is 36.9. The Morgan fingerprint density at radius 3 is 2.36 bits per heavy atom. The number of carbonyl (C=O) groups excluding carboxylic acids is 1. The van der Waals surface area contributed by atoms with E-state index in [0.717, 1.165) is 23.5 Å². The molecule has 3 heterocycles. The number of carboxylic acid groups (broad SMARTS) is 1. The average Bonchev–Trinajstić information content (AvgIpc) is 3.43. The van der Waals surface area contributed by atoms with Crippen molar-refractivity contribution in [1.82, 2.24) is 24.7 Å². The van der Waals surface area contributed by atoms with E-state index in [1.165, 1.54) is 24.9 Å². The van der Waals surface area contributed by atoms with Crippen molar-refractivity contribution < 1.29 is 50.9 Å². The van der Waals surface area contributed by atoms with Gasteiger partial charge in [0.25, 0.3) is 0 Å². The van der Waals surface area contributed by atoms with Crippen molar-refractivity contribution in [2.45, 2.75) is 32.6 Å². The minimum absolute atomic E-state index is 0.0438. The molecule has 0 aliphatic heterocycles. The molecular formula is C32H30F5N7O6. The van der Waals surface area contributed by atoms with Gasteiger partial charge >= 0.3 is 18.1 Å². The number of aryl methyl sites for hydroxylation is 1. The van der Waals surface area contributed by atoms with Gasteiger partial charge < -0.3 is 30.4 Å². The number of halogens is 5. The highest BCUT2D eigenvalue weighted by Gasteiger charge is 2.38. The van der Waals surface area contributed by atoms with Crippen molar-refractivity contribution in [2.75, 3.05) is 25.6 Å². The first-order chi connectivity index (χ1) is 23.7. The largest absolute Gasteiger partial charge is 0.491 e. The lowest BCUT2D eigenvalue weighted by Gasteiger charge is -2.12. The Morgan fingerprint density at radius 2 is 1.74 bits per heavy atom. The van der Waals surface area contributed by atoms with Gasteiger partial charge in [-0.05, 0) is 32.0 Å². The summed E-state index contributed by atoms with van der Waals surface area (Å²) in [5.41, 5.74) is 7.86. The van der Waals surface area contributed by atoms with Gasteiger partial charge in [-0.1, -0.05) is 18.2 Å². The number of aliphatic carboxylic acids is 1. The third kappa shape index (κ3) is 9.37. The number of nitrogens with two attached hydrogens (primary N) is 1. The van der Waals surface area contributed by atoms with Crippen molar-refractivity contribution >= 4 is 34.3 Å². The molecule has 5 aromatic rings. The first-order valence-electron chi connectivity index (χ1n) is 14.6. The topological polar surface area (TPSA) is 177 Å². The number of alkyl halides is 3. The second kappa shape index (κ2) is 16.0. The lowest BCUT2D eigenvalue weighted by Crippen LogP contribution is -2.29. The van der Waals surface area contributed by atoms with Gasteiger partial charge in [0.05, 0.1) is 25.4 Å². The van der Waals surface area contributed by atoms with Gasteiger partial charge in [0.1, 0.15) is 42.3 Å². The van der Waals surface area contributed by atoms with Crippen LogP contribution in [0.2, 0.25) is 0 Å². The van der Waals surface area contributed by atoms with E-state index in [2.05, 4.69) is 25.4 Å². The summed E-state index contributed by atoms with van der Waals surface area (Å²) in [5.74, 6) is -3.91. The van der Waals surface area contributed by atoms with Crippen LogP contribution in [0, 0.1) is 18.6 Å². The number of nitrogens with one attached hydrogen (secondary N) is 1. The van der Waals surface area contributed by atoms with Crippen LogP contribution in [0.4, 0.5) is 33.5 Å². The molecule has 0 saturated heterocycles. The Bertz CT molecular complexity index is 1960. The van der Waals surface area contributed by atoms with Crippen LogP contribution < -0.4 is 20.5 Å². The molecule has 1 atom stereocenters. The number of carboxylic acids is 1. The number of hydrogen-bond acceptors (Lipinski definition) is 11. The Kier molecular flexibility index (Phi) is 11.8. The zero-order chi connectivity index (χ0) is 36.6. The second-order valence-electron chi connectivity index (χ2n) is 10.4. The molecule has 0 aliphatic rings. The summed E-state index contributed by atoms with van der Waals surface area (Å²) in [4.78, 5) is 33.7. The Hall–Kier alpha value is -5.91. The van der Waals surface area contributed by atoms with Crippen LogP contribution in [0.3, 0.4) is 0 Å². The van der Waals surface area contributed by atoms with Crippen LogP contribution >= 0.6 is 0 Å². The van der Waals surface area contributed by atoms with Crippen molar-refractivity contribution in [2.24, 2.45) is 5.73 Å². The van der Waals surface area contributed by atoms with Crippen LogP contribution in [0.1, 0.15) is 18.2 Å². The number of esters is 1. The van der Waals surface area contributed by atoms with Gasteiger partial charge in [-0.25, -0.2) is 23.5 Å². The third-order valence-electron chi connectivity index (χ3n) is 6.64. The van der Waals surface area contributed by atoms with Gasteiger partial charge in [-0.15, -0.1) is 0 Å². The molecule has 5 rings (SSSR count). The number of rotatable bonds is 11. The summed E-state index contributed by atoms with van der Waals surface area (Å²) in [7, 11) is 1.52. The smallest absolute Gasteiger partial charge is 0.490 e. The van der Waals surface area contributed by atoms with Gasteiger partial charge in [0.2, 0.25) is 0 Å². The number of para-hydroxylation sites is 1. The molecule has 264 valence electrons. The number of fused-ring (bicyclic) bond motifs is 1. The summed E-state index contributed by atoms with van der Waals surface area (Å²) in [6.07, 6.45) is -1.87. The summed E-state index contributed by atoms with van der Waals surface area (Å²) in [5, 5.41) is 15.7. The predicted molar refractivity (Wildman–Crippen MR) is 169 cm³/mol. The van der Waals surface area contributed by atoms with Crippen LogP contribution in [0.15, 0.2) is 60.9 Å². The standard InChI is InChI=1S/C30H29F2N7O4.C2HF3O2/c1-17-12-19(8-9-34-17)36-28-26(41-3)15-35-29(37-28)27-21-6-4-5-7-25(21)39(38-27)16-22-23(31)13-20(14-24(22)32)42-10-11-43-30(40)18(2)33;3-2(4,5)1(6)7/h4-9,12-15,18H,10-11,16,33H2,1-3H3,(H,34,35,36,37);(H,6,7). The highest BCUT2D eigenvalue weighted by Crippen LogP contribution is 2.32. The van der Waals surface area contributed by atoms with Crippen molar-refractivity contribution in [3.63, 3.8) is 0 Å². The van der Waals surface area contributed by atoms with E-state index in [0.29, 0.717) is 34.0 Å². The average molecular weight is 704 g/mol. The quantitative estimate of drug-likeness (QED) is 0.0935. The van der Waals surface area contributed by atoms with E-state index in [4.69, 9.17) is 29.8 Å². The lowest BCUT2D eigenvalue weighted by atomic mass is 10.1. The number of benzene rings is 2. The number of methoxy groups -OCH3 is 1. The molecule has 0 saturated carbocycles. The molecule has 4 N–H and O–H groups in total. The van der Waals surface area contributed by atoms with Crippen LogP contribution in [-0.2, 0) is 20.9 Å². The van der Waals surface area contributed by atoms with Crippen molar-refractivity contribution in [1.29, 1.82) is 0 Å². The van der Waals surface area contributed by atoms with Gasteiger partial charge in [-0.2, -0.15) is 18.3 Å². The Balaban J connectivity index is 0.000000727. The van der Waals surface area contributed by atoms with Gasteiger partial charge in [0, 0.05) is 40.7 Å². The number of nitrogens with zero attached hydrogens (tertiary/aromatic N) is 5. The van der Waals surface area contributed by atoms with E-state index in [1.54, 1.807) is 24.4 Å².